The van der Waals surface area contributed by atoms with Gasteiger partial charge in [-0.3, -0.25) is 4.79 Å². The van der Waals surface area contributed by atoms with Crippen LogP contribution in [-0.2, 0) is 4.79 Å². The van der Waals surface area contributed by atoms with Crippen LogP contribution in [0.2, 0.25) is 0 Å². The predicted octanol–water partition coefficient (Wildman–Crippen LogP) is 2.17. The highest BCUT2D eigenvalue weighted by Crippen LogP contribution is 2.40. The number of hydrogen-bond donors (Lipinski definition) is 0. The second-order valence-electron chi connectivity index (χ2n) is 5.52. The van der Waals surface area contributed by atoms with E-state index in [-0.39, 0.29) is 12.5 Å². The van der Waals surface area contributed by atoms with Crippen LogP contribution in [0, 0.1) is 6.92 Å². The van der Waals surface area contributed by atoms with Gasteiger partial charge in [0.1, 0.15) is 11.6 Å². The van der Waals surface area contributed by atoms with E-state index in [1.165, 1.54) is 12.8 Å². The zero-order valence-electron chi connectivity index (χ0n) is 11.5. The Morgan fingerprint density at radius 2 is 2.10 bits per heavy atom. The Morgan fingerprint density at radius 1 is 1.30 bits per heavy atom. The summed E-state index contributed by atoms with van der Waals surface area (Å²) in [4.78, 5) is 22.6. The van der Waals surface area contributed by atoms with Crippen LogP contribution in [0.5, 0.6) is 5.75 Å². The van der Waals surface area contributed by atoms with E-state index in [1.807, 2.05) is 19.1 Å². The zero-order valence-corrected chi connectivity index (χ0v) is 11.5. The van der Waals surface area contributed by atoms with Gasteiger partial charge in [-0.15, -0.1) is 0 Å². The molecular formula is C15H15N3O2. The van der Waals surface area contributed by atoms with Crippen molar-refractivity contribution in [1.29, 1.82) is 0 Å². The number of fused-ring (bicyclic) bond motifs is 2. The number of aryl methyl sites for hydroxylation is 1. The standard InChI is InChI=1S/C15H15N3O2/c1-8-10-5-12-13(20-7-14(19)18(12)2)6-11(10)17-15(16-8)9-3-4-9/h5-6,9H,3-4,7H2,1-2H3. The van der Waals surface area contributed by atoms with Gasteiger partial charge in [0.2, 0.25) is 0 Å². The van der Waals surface area contributed by atoms with Crippen LogP contribution in [0.4, 0.5) is 5.69 Å². The summed E-state index contributed by atoms with van der Waals surface area (Å²) in [7, 11) is 1.77. The Labute approximate surface area is 116 Å². The molecule has 102 valence electrons. The average molecular weight is 269 g/mol. The number of rotatable bonds is 1. The number of benzene rings is 1. The van der Waals surface area contributed by atoms with Crippen LogP contribution >= 0.6 is 0 Å². The molecule has 0 N–H and O–H groups in total. The van der Waals surface area contributed by atoms with Crippen molar-refractivity contribution >= 4 is 22.5 Å². The number of carbonyl (C=O) groups excluding carboxylic acids is 1. The highest BCUT2D eigenvalue weighted by molar-refractivity contribution is 6.00. The summed E-state index contributed by atoms with van der Waals surface area (Å²) in [6, 6.07) is 3.88. The molecule has 1 aliphatic carbocycles. The molecule has 2 aromatic rings. The van der Waals surface area contributed by atoms with Crippen LogP contribution in [0.3, 0.4) is 0 Å². The number of anilines is 1. The maximum Gasteiger partial charge on any atom is 0.264 e. The molecule has 4 rings (SSSR count). The van der Waals surface area contributed by atoms with Crippen molar-refractivity contribution < 1.29 is 9.53 Å². The molecule has 2 heterocycles. The smallest absolute Gasteiger partial charge is 0.264 e. The van der Waals surface area contributed by atoms with Crippen molar-refractivity contribution in [1.82, 2.24) is 9.97 Å². The summed E-state index contributed by atoms with van der Waals surface area (Å²) in [6.07, 6.45) is 2.37. The summed E-state index contributed by atoms with van der Waals surface area (Å²) in [6.45, 7) is 2.09. The van der Waals surface area contributed by atoms with Crippen LogP contribution < -0.4 is 9.64 Å². The van der Waals surface area contributed by atoms with E-state index in [0.717, 1.165) is 33.9 Å². The highest BCUT2D eigenvalue weighted by atomic mass is 16.5. The van der Waals surface area contributed by atoms with Gasteiger partial charge in [0.25, 0.3) is 5.91 Å². The lowest BCUT2D eigenvalue weighted by molar-refractivity contribution is -0.120. The molecule has 0 bridgehead atoms. The van der Waals surface area contributed by atoms with Gasteiger partial charge in [-0.2, -0.15) is 0 Å². The highest BCUT2D eigenvalue weighted by Gasteiger charge is 2.28. The van der Waals surface area contributed by atoms with Crippen molar-refractivity contribution in [3.63, 3.8) is 0 Å². The molecule has 1 aliphatic heterocycles. The Morgan fingerprint density at radius 3 is 2.85 bits per heavy atom. The first kappa shape index (κ1) is 11.6. The molecule has 20 heavy (non-hydrogen) atoms. The minimum Gasteiger partial charge on any atom is -0.481 e. The van der Waals surface area contributed by atoms with Gasteiger partial charge in [0.15, 0.2) is 6.61 Å². The molecule has 0 unspecified atom stereocenters. The van der Waals surface area contributed by atoms with E-state index in [9.17, 15) is 4.79 Å². The zero-order chi connectivity index (χ0) is 13.9. The third-order valence-electron chi connectivity index (χ3n) is 4.01. The lowest BCUT2D eigenvalue weighted by Crippen LogP contribution is -2.35. The summed E-state index contributed by atoms with van der Waals surface area (Å²) in [5, 5.41) is 0.985. The first-order valence-electron chi connectivity index (χ1n) is 6.85. The molecule has 1 amide bonds. The molecule has 1 saturated carbocycles. The van der Waals surface area contributed by atoms with E-state index in [2.05, 4.69) is 9.97 Å². The number of ether oxygens (including phenoxy) is 1. The third kappa shape index (κ3) is 1.66. The van der Waals surface area contributed by atoms with E-state index >= 15 is 0 Å². The molecule has 0 saturated heterocycles. The predicted molar refractivity (Wildman–Crippen MR) is 75.2 cm³/mol. The normalized spacial score (nSPS) is 18.1. The summed E-state index contributed by atoms with van der Waals surface area (Å²) in [5.41, 5.74) is 2.66. The molecule has 2 aliphatic rings. The lowest BCUT2D eigenvalue weighted by atomic mass is 10.1. The molecule has 1 fully saturated rings. The fraction of sp³-hybridized carbons (Fsp3) is 0.400. The van der Waals surface area contributed by atoms with E-state index < -0.39 is 0 Å². The number of aromatic nitrogens is 2. The van der Waals surface area contributed by atoms with Gasteiger partial charge in [-0.1, -0.05) is 0 Å². The van der Waals surface area contributed by atoms with Crippen LogP contribution in [0.25, 0.3) is 10.9 Å². The quantitative estimate of drug-likeness (QED) is 0.796. The number of nitrogens with zero attached hydrogens (tertiary/aromatic N) is 3. The van der Waals surface area contributed by atoms with Gasteiger partial charge < -0.3 is 9.64 Å². The number of carbonyl (C=O) groups is 1. The fourth-order valence-electron chi connectivity index (χ4n) is 2.59. The summed E-state index contributed by atoms with van der Waals surface area (Å²) >= 11 is 0. The number of hydrogen-bond acceptors (Lipinski definition) is 4. The third-order valence-corrected chi connectivity index (χ3v) is 4.01. The fourth-order valence-corrected chi connectivity index (χ4v) is 2.59. The monoisotopic (exact) mass is 269 g/mol. The molecule has 1 aromatic heterocycles. The minimum absolute atomic E-state index is 0.0370. The number of amides is 1. The van der Waals surface area contributed by atoms with Gasteiger partial charge in [0.05, 0.1) is 11.2 Å². The SMILES string of the molecule is Cc1nc(C2CC2)nc2cc3c(cc12)N(C)C(=O)CO3. The largest absolute Gasteiger partial charge is 0.481 e. The topological polar surface area (TPSA) is 55.3 Å². The van der Waals surface area contributed by atoms with Gasteiger partial charge in [0, 0.05) is 30.1 Å². The molecule has 5 heteroatoms. The summed E-state index contributed by atoms with van der Waals surface area (Å²) < 4.78 is 5.52. The molecule has 1 aromatic carbocycles. The Balaban J connectivity index is 1.94. The average Bonchev–Trinajstić information content (AvgIpc) is 3.26. The van der Waals surface area contributed by atoms with Crippen LogP contribution in [0.15, 0.2) is 12.1 Å². The summed E-state index contributed by atoms with van der Waals surface area (Å²) in [5.74, 6) is 2.15. The lowest BCUT2D eigenvalue weighted by Gasteiger charge is -2.26. The molecule has 5 nitrogen and oxygen atoms in total. The van der Waals surface area contributed by atoms with Gasteiger partial charge >= 0.3 is 0 Å². The van der Waals surface area contributed by atoms with Gasteiger partial charge in [-0.25, -0.2) is 9.97 Å². The Hall–Kier alpha value is -2.17. The number of likely N-dealkylation sites (N-methyl/N-ethyl adjacent to an activating group) is 1. The van der Waals surface area contributed by atoms with E-state index in [0.29, 0.717) is 5.92 Å². The molecule has 0 radical (unpaired) electrons. The molecular weight excluding hydrogens is 254 g/mol. The first-order chi connectivity index (χ1) is 9.63. The molecule has 0 atom stereocenters. The second kappa shape index (κ2) is 3.91. The van der Waals surface area contributed by atoms with Crippen LogP contribution in [0.1, 0.15) is 30.3 Å². The van der Waals surface area contributed by atoms with E-state index in [1.54, 1.807) is 11.9 Å². The second-order valence-corrected chi connectivity index (χ2v) is 5.52. The maximum atomic E-state index is 11.7. The minimum atomic E-state index is -0.0370. The first-order valence-corrected chi connectivity index (χ1v) is 6.85. The molecule has 0 spiro atoms. The van der Waals surface area contributed by atoms with Crippen molar-refractivity contribution in [2.24, 2.45) is 0 Å². The van der Waals surface area contributed by atoms with Crippen LogP contribution in [-0.4, -0.2) is 29.5 Å². The van der Waals surface area contributed by atoms with Crippen molar-refractivity contribution in [2.75, 3.05) is 18.6 Å². The van der Waals surface area contributed by atoms with E-state index in [4.69, 9.17) is 4.74 Å². The Kier molecular flexibility index (Phi) is 2.28. The van der Waals surface area contributed by atoms with Crippen molar-refractivity contribution in [2.45, 2.75) is 25.7 Å². The van der Waals surface area contributed by atoms with Crippen molar-refractivity contribution in [3.05, 3.63) is 23.7 Å². The Bertz CT molecular complexity index is 737. The van der Waals surface area contributed by atoms with Crippen molar-refractivity contribution in [3.8, 4) is 5.75 Å². The maximum absolute atomic E-state index is 11.7. The van der Waals surface area contributed by atoms with Gasteiger partial charge in [-0.05, 0) is 25.8 Å².